The first-order valence-electron chi connectivity index (χ1n) is 4.31. The zero-order valence-corrected chi connectivity index (χ0v) is 8.44. The summed E-state index contributed by atoms with van der Waals surface area (Å²) in [5, 5.41) is 0. The Morgan fingerprint density at radius 3 is 2.83 bits per heavy atom. The van der Waals surface area contributed by atoms with Gasteiger partial charge in [0.1, 0.15) is 4.33 Å². The maximum Gasteiger partial charge on any atom is 0.158 e. The molecule has 0 aromatic carbocycles. The smallest absolute Gasteiger partial charge is 0.158 e. The molecule has 1 saturated carbocycles. The molecule has 2 nitrogen and oxygen atoms in total. The van der Waals surface area contributed by atoms with E-state index in [1.807, 2.05) is 6.92 Å². The van der Waals surface area contributed by atoms with Crippen LogP contribution in [0.4, 0.5) is 0 Å². The van der Waals surface area contributed by atoms with Crippen molar-refractivity contribution < 1.29 is 9.47 Å². The van der Waals surface area contributed by atoms with Gasteiger partial charge >= 0.3 is 0 Å². The third-order valence-electron chi connectivity index (χ3n) is 2.49. The maximum absolute atomic E-state index is 5.96. The molecule has 1 aliphatic carbocycles. The predicted molar refractivity (Wildman–Crippen MR) is 47.4 cm³/mol. The quantitative estimate of drug-likeness (QED) is 0.652. The fourth-order valence-corrected chi connectivity index (χ4v) is 2.47. The summed E-state index contributed by atoms with van der Waals surface area (Å²) in [6, 6.07) is 0. The molecule has 0 aromatic heterocycles. The number of hydrogen-bond acceptors (Lipinski definition) is 2. The molecule has 1 heterocycles. The second-order valence-corrected chi connectivity index (χ2v) is 4.74. The summed E-state index contributed by atoms with van der Waals surface area (Å²) in [5.74, 6) is 0.331. The molecule has 0 spiro atoms. The molecule has 3 unspecified atom stereocenters. The summed E-state index contributed by atoms with van der Waals surface area (Å²) >= 11 is 11.9. The Hall–Kier alpha value is 0.500. The van der Waals surface area contributed by atoms with Gasteiger partial charge in [-0.25, -0.2) is 0 Å². The summed E-state index contributed by atoms with van der Waals surface area (Å²) in [6.45, 7) is 2.64. The standard InChI is InChI=1S/C8H12Cl2O2/c1-2-11-6-4-3-5-7(12-6)8(5,9)10/h5-7H,2-4H2,1H3. The van der Waals surface area contributed by atoms with E-state index >= 15 is 0 Å². The van der Waals surface area contributed by atoms with Gasteiger partial charge in [0, 0.05) is 12.5 Å². The molecule has 2 aliphatic rings. The van der Waals surface area contributed by atoms with Crippen LogP contribution in [-0.4, -0.2) is 23.3 Å². The van der Waals surface area contributed by atoms with Crippen molar-refractivity contribution in [1.29, 1.82) is 0 Å². The fraction of sp³-hybridized carbons (Fsp3) is 1.00. The van der Waals surface area contributed by atoms with Crippen LogP contribution in [0.3, 0.4) is 0 Å². The van der Waals surface area contributed by atoms with Crippen molar-refractivity contribution in [2.75, 3.05) is 6.61 Å². The molecule has 1 saturated heterocycles. The highest BCUT2D eigenvalue weighted by molar-refractivity contribution is 6.51. The second kappa shape index (κ2) is 3.02. The van der Waals surface area contributed by atoms with Crippen molar-refractivity contribution in [2.24, 2.45) is 5.92 Å². The van der Waals surface area contributed by atoms with Crippen LogP contribution in [0.1, 0.15) is 19.8 Å². The Kier molecular flexibility index (Phi) is 2.28. The molecular weight excluding hydrogens is 199 g/mol. The van der Waals surface area contributed by atoms with Crippen LogP contribution in [0.2, 0.25) is 0 Å². The Morgan fingerprint density at radius 2 is 2.25 bits per heavy atom. The topological polar surface area (TPSA) is 18.5 Å². The van der Waals surface area contributed by atoms with E-state index in [4.69, 9.17) is 32.7 Å². The van der Waals surface area contributed by atoms with E-state index < -0.39 is 4.33 Å². The van der Waals surface area contributed by atoms with Gasteiger partial charge in [0.25, 0.3) is 0 Å². The highest BCUT2D eigenvalue weighted by Crippen LogP contribution is 2.60. The average Bonchev–Trinajstić information content (AvgIpc) is 2.55. The maximum atomic E-state index is 5.96. The largest absolute Gasteiger partial charge is 0.353 e. The molecule has 70 valence electrons. The highest BCUT2D eigenvalue weighted by Gasteiger charge is 2.66. The first-order chi connectivity index (χ1) is 5.66. The van der Waals surface area contributed by atoms with Crippen molar-refractivity contribution in [3.05, 3.63) is 0 Å². The molecule has 0 bridgehead atoms. The average molecular weight is 211 g/mol. The molecular formula is C8H12Cl2O2. The van der Waals surface area contributed by atoms with Gasteiger partial charge in [-0.1, -0.05) is 23.2 Å². The molecule has 0 amide bonds. The lowest BCUT2D eigenvalue weighted by molar-refractivity contribution is -0.166. The zero-order valence-electron chi connectivity index (χ0n) is 6.93. The summed E-state index contributed by atoms with van der Waals surface area (Å²) < 4.78 is 10.2. The zero-order chi connectivity index (χ0) is 8.77. The lowest BCUT2D eigenvalue weighted by atomic mass is 10.2. The van der Waals surface area contributed by atoms with E-state index in [1.165, 1.54) is 0 Å². The Balaban J connectivity index is 1.88. The molecule has 0 N–H and O–H groups in total. The van der Waals surface area contributed by atoms with Crippen molar-refractivity contribution >= 4 is 23.2 Å². The Labute approximate surface area is 82.1 Å². The normalized spacial score (nSPS) is 43.8. The number of halogens is 2. The lowest BCUT2D eigenvalue weighted by Crippen LogP contribution is -2.23. The van der Waals surface area contributed by atoms with Gasteiger partial charge in [0.2, 0.25) is 0 Å². The summed E-state index contributed by atoms with van der Waals surface area (Å²) in [5.41, 5.74) is 0. The Morgan fingerprint density at radius 1 is 1.50 bits per heavy atom. The van der Waals surface area contributed by atoms with Crippen LogP contribution in [0.5, 0.6) is 0 Å². The van der Waals surface area contributed by atoms with Gasteiger partial charge in [-0.15, -0.1) is 0 Å². The lowest BCUT2D eigenvalue weighted by Gasteiger charge is -2.20. The molecule has 2 fully saturated rings. The van der Waals surface area contributed by atoms with Crippen LogP contribution in [0, 0.1) is 5.92 Å². The van der Waals surface area contributed by atoms with E-state index in [-0.39, 0.29) is 12.4 Å². The first-order valence-corrected chi connectivity index (χ1v) is 5.06. The summed E-state index contributed by atoms with van der Waals surface area (Å²) in [7, 11) is 0. The third kappa shape index (κ3) is 1.35. The van der Waals surface area contributed by atoms with Gasteiger partial charge in [-0.3, -0.25) is 0 Å². The molecule has 3 atom stereocenters. The van der Waals surface area contributed by atoms with E-state index in [1.54, 1.807) is 0 Å². The van der Waals surface area contributed by atoms with Crippen LogP contribution in [0.25, 0.3) is 0 Å². The molecule has 2 rings (SSSR count). The minimum atomic E-state index is -0.633. The Bertz CT molecular complexity index is 184. The van der Waals surface area contributed by atoms with Crippen LogP contribution >= 0.6 is 23.2 Å². The number of ether oxygens (including phenoxy) is 2. The van der Waals surface area contributed by atoms with Crippen molar-refractivity contribution in [3.63, 3.8) is 0 Å². The van der Waals surface area contributed by atoms with E-state index in [9.17, 15) is 0 Å². The molecule has 1 aliphatic heterocycles. The molecule has 0 radical (unpaired) electrons. The SMILES string of the molecule is CCOC1CCC2C(O1)C2(Cl)Cl. The van der Waals surface area contributed by atoms with Gasteiger partial charge in [-0.2, -0.15) is 0 Å². The predicted octanol–water partition coefficient (Wildman–Crippen LogP) is 2.33. The number of rotatable bonds is 2. The third-order valence-corrected chi connectivity index (χ3v) is 3.49. The van der Waals surface area contributed by atoms with Crippen LogP contribution in [-0.2, 0) is 9.47 Å². The summed E-state index contributed by atoms with van der Waals surface area (Å²) in [6.07, 6.45) is 1.85. The van der Waals surface area contributed by atoms with Gasteiger partial charge in [0.15, 0.2) is 6.29 Å². The monoisotopic (exact) mass is 210 g/mol. The fourth-order valence-electron chi connectivity index (χ4n) is 1.74. The minimum Gasteiger partial charge on any atom is -0.353 e. The summed E-state index contributed by atoms with van der Waals surface area (Å²) in [4.78, 5) is 0. The number of fused-ring (bicyclic) bond motifs is 1. The number of hydrogen-bond donors (Lipinski definition) is 0. The van der Waals surface area contributed by atoms with E-state index in [2.05, 4.69) is 0 Å². The first kappa shape index (κ1) is 9.07. The van der Waals surface area contributed by atoms with E-state index in [0.29, 0.717) is 12.5 Å². The van der Waals surface area contributed by atoms with Crippen LogP contribution < -0.4 is 0 Å². The molecule has 4 heteroatoms. The van der Waals surface area contributed by atoms with E-state index in [0.717, 1.165) is 12.8 Å². The second-order valence-electron chi connectivity index (χ2n) is 3.30. The van der Waals surface area contributed by atoms with Crippen molar-refractivity contribution in [2.45, 2.75) is 36.5 Å². The molecule has 12 heavy (non-hydrogen) atoms. The van der Waals surface area contributed by atoms with Gasteiger partial charge in [0.05, 0.1) is 6.10 Å². The molecule has 0 aromatic rings. The number of alkyl halides is 2. The van der Waals surface area contributed by atoms with Crippen molar-refractivity contribution in [1.82, 2.24) is 0 Å². The van der Waals surface area contributed by atoms with Gasteiger partial charge < -0.3 is 9.47 Å². The highest BCUT2D eigenvalue weighted by atomic mass is 35.5. The van der Waals surface area contributed by atoms with Crippen molar-refractivity contribution in [3.8, 4) is 0 Å². The van der Waals surface area contributed by atoms with Crippen LogP contribution in [0.15, 0.2) is 0 Å². The minimum absolute atomic E-state index is 0.00568. The van der Waals surface area contributed by atoms with Gasteiger partial charge in [-0.05, 0) is 19.8 Å².